The molecule has 0 bridgehead atoms. The van der Waals surface area contributed by atoms with Gasteiger partial charge in [-0.05, 0) is 31.5 Å². The minimum absolute atomic E-state index is 0.0620. The van der Waals surface area contributed by atoms with Gasteiger partial charge in [-0.2, -0.15) is 8.78 Å². The van der Waals surface area contributed by atoms with E-state index >= 15 is 0 Å². The van der Waals surface area contributed by atoms with Crippen molar-refractivity contribution in [3.63, 3.8) is 0 Å². The highest BCUT2D eigenvalue weighted by atomic mass is 35.5. The number of hydrogen-bond acceptors (Lipinski definition) is 4. The fourth-order valence-corrected chi connectivity index (χ4v) is 4.30. The van der Waals surface area contributed by atoms with E-state index in [1.165, 1.54) is 11.0 Å². The van der Waals surface area contributed by atoms with Crippen LogP contribution in [0.3, 0.4) is 0 Å². The van der Waals surface area contributed by atoms with Crippen LogP contribution >= 0.6 is 11.6 Å². The molecule has 0 radical (unpaired) electrons. The number of benzene rings is 3. The molecule has 3 aromatic carbocycles. The van der Waals surface area contributed by atoms with Gasteiger partial charge in [0.05, 0.1) is 35.3 Å². The number of carboxylic acid groups (broad SMARTS) is 1. The molecule has 6 nitrogen and oxygen atoms in total. The molecule has 0 atom stereocenters. The van der Waals surface area contributed by atoms with Gasteiger partial charge in [0.2, 0.25) is 0 Å². The summed E-state index contributed by atoms with van der Waals surface area (Å²) in [5.74, 6) is -1.28. The molecular formula is C24H20ClF2NO5. The first kappa shape index (κ1) is 22.8. The van der Waals surface area contributed by atoms with Crippen molar-refractivity contribution in [2.24, 2.45) is 0 Å². The molecule has 1 aliphatic rings. The molecule has 0 fully saturated rings. The van der Waals surface area contributed by atoms with Crippen molar-refractivity contribution < 1.29 is 33.0 Å². The number of nitrogens with zero attached hydrogens (tertiary/aromatic N) is 1. The fourth-order valence-electron chi connectivity index (χ4n) is 4.00. The van der Waals surface area contributed by atoms with Gasteiger partial charge < -0.3 is 19.5 Å². The number of halogens is 3. The number of rotatable bonds is 7. The van der Waals surface area contributed by atoms with Gasteiger partial charge in [0.25, 0.3) is 5.91 Å². The Morgan fingerprint density at radius 2 is 1.79 bits per heavy atom. The monoisotopic (exact) mass is 475 g/mol. The Hall–Kier alpha value is -3.39. The van der Waals surface area contributed by atoms with Crippen molar-refractivity contribution in [1.82, 2.24) is 0 Å². The highest BCUT2D eigenvalue weighted by molar-refractivity contribution is 6.34. The number of carbonyl (C=O) groups excluding carboxylic acids is 1. The Bertz CT molecular complexity index is 1260. The highest BCUT2D eigenvalue weighted by Gasteiger charge is 2.38. The van der Waals surface area contributed by atoms with Gasteiger partial charge in [-0.3, -0.25) is 9.59 Å². The van der Waals surface area contributed by atoms with Crippen LogP contribution in [0, 0.1) is 0 Å². The third kappa shape index (κ3) is 4.30. The number of ether oxygens (including phenoxy) is 2. The van der Waals surface area contributed by atoms with Gasteiger partial charge >= 0.3 is 12.6 Å². The normalized spacial score (nSPS) is 13.2. The van der Waals surface area contributed by atoms with Crippen LogP contribution in [0.4, 0.5) is 14.5 Å². The van der Waals surface area contributed by atoms with Crippen LogP contribution in [0.25, 0.3) is 10.8 Å². The molecule has 0 aromatic heterocycles. The van der Waals surface area contributed by atoms with Crippen molar-refractivity contribution in [3.8, 4) is 11.5 Å². The number of amides is 1. The van der Waals surface area contributed by atoms with Gasteiger partial charge in [0.1, 0.15) is 11.5 Å². The first-order valence-electron chi connectivity index (χ1n) is 10.2. The van der Waals surface area contributed by atoms with E-state index in [-0.39, 0.29) is 41.0 Å². The molecule has 172 valence electrons. The van der Waals surface area contributed by atoms with Crippen LogP contribution < -0.4 is 14.4 Å². The predicted molar refractivity (Wildman–Crippen MR) is 120 cm³/mol. The van der Waals surface area contributed by atoms with Gasteiger partial charge in [0, 0.05) is 16.3 Å². The lowest BCUT2D eigenvalue weighted by Gasteiger charge is -2.19. The number of hydrogen-bond donors (Lipinski definition) is 1. The smallest absolute Gasteiger partial charge is 0.387 e. The van der Waals surface area contributed by atoms with Gasteiger partial charge in [-0.25, -0.2) is 0 Å². The van der Waals surface area contributed by atoms with Gasteiger partial charge in [0.15, 0.2) is 0 Å². The lowest BCUT2D eigenvalue weighted by atomic mass is 9.99. The summed E-state index contributed by atoms with van der Waals surface area (Å²) in [6.45, 7) is 0.463. The first-order chi connectivity index (χ1) is 15.7. The summed E-state index contributed by atoms with van der Waals surface area (Å²) in [5.41, 5.74) is 1.22. The first-order valence-corrected chi connectivity index (χ1v) is 10.6. The number of carbonyl (C=O) groups is 2. The van der Waals surface area contributed by atoms with Crippen molar-refractivity contribution in [1.29, 1.82) is 0 Å². The Balaban J connectivity index is 1.89. The fraction of sp³-hybridized carbons (Fsp3) is 0.250. The Morgan fingerprint density at radius 3 is 2.36 bits per heavy atom. The van der Waals surface area contributed by atoms with E-state index in [0.29, 0.717) is 27.8 Å². The van der Waals surface area contributed by atoms with E-state index in [9.17, 15) is 18.4 Å². The van der Waals surface area contributed by atoms with Crippen molar-refractivity contribution >= 4 is 39.9 Å². The van der Waals surface area contributed by atoms with E-state index in [0.717, 1.165) is 0 Å². The molecule has 0 spiro atoms. The lowest BCUT2D eigenvalue weighted by molar-refractivity contribution is -0.136. The van der Waals surface area contributed by atoms with Crippen LogP contribution in [0.5, 0.6) is 11.5 Å². The van der Waals surface area contributed by atoms with Gasteiger partial charge in [-0.15, -0.1) is 0 Å². The van der Waals surface area contributed by atoms with E-state index in [1.807, 2.05) is 0 Å². The third-order valence-corrected chi connectivity index (χ3v) is 5.52. The second-order valence-electron chi connectivity index (χ2n) is 7.85. The molecule has 0 unspecified atom stereocenters. The molecule has 0 saturated heterocycles. The average molecular weight is 476 g/mol. The molecule has 33 heavy (non-hydrogen) atoms. The lowest BCUT2D eigenvalue weighted by Crippen LogP contribution is -2.24. The largest absolute Gasteiger partial charge is 0.490 e. The maximum atomic E-state index is 13.5. The quantitative estimate of drug-likeness (QED) is 0.476. The molecule has 1 aliphatic heterocycles. The Labute approximate surface area is 193 Å². The third-order valence-electron chi connectivity index (χ3n) is 5.21. The SMILES string of the molecule is CC(C)Oc1c2c(c(OC(F)F)c3ccccc13)CN(c1ccc(CC(=O)O)cc1Cl)C2=O. The zero-order valence-corrected chi connectivity index (χ0v) is 18.5. The maximum absolute atomic E-state index is 13.5. The summed E-state index contributed by atoms with van der Waals surface area (Å²) in [6.07, 6.45) is -0.502. The number of anilines is 1. The molecular weight excluding hydrogens is 456 g/mol. The molecule has 0 saturated carbocycles. The molecule has 0 aliphatic carbocycles. The Morgan fingerprint density at radius 1 is 1.12 bits per heavy atom. The zero-order valence-electron chi connectivity index (χ0n) is 17.8. The molecule has 1 heterocycles. The van der Waals surface area contributed by atoms with E-state index < -0.39 is 18.5 Å². The summed E-state index contributed by atoms with van der Waals surface area (Å²) in [5, 5.41) is 10.1. The highest BCUT2D eigenvalue weighted by Crippen LogP contribution is 2.47. The van der Waals surface area contributed by atoms with E-state index in [2.05, 4.69) is 0 Å². The summed E-state index contributed by atoms with van der Waals surface area (Å²) in [7, 11) is 0. The van der Waals surface area contributed by atoms with Crippen molar-refractivity contribution in [2.75, 3.05) is 4.90 Å². The average Bonchev–Trinajstić information content (AvgIpc) is 3.06. The summed E-state index contributed by atoms with van der Waals surface area (Å²) in [4.78, 5) is 25.9. The van der Waals surface area contributed by atoms with Crippen molar-refractivity contribution in [2.45, 2.75) is 39.5 Å². The standard InChI is InChI=1S/C24H20ClF2NO5/c1-12(2)32-22-15-6-4-3-5-14(15)21(33-24(26)27)16-11-28(23(31)20(16)22)18-8-7-13(9-17(18)25)10-19(29)30/h3-9,12,24H,10-11H2,1-2H3,(H,29,30). The summed E-state index contributed by atoms with van der Waals surface area (Å²) >= 11 is 6.38. The van der Waals surface area contributed by atoms with Crippen LogP contribution in [-0.4, -0.2) is 29.7 Å². The van der Waals surface area contributed by atoms with Crippen LogP contribution in [0.2, 0.25) is 5.02 Å². The van der Waals surface area contributed by atoms with Gasteiger partial charge in [-0.1, -0.05) is 41.9 Å². The molecule has 3 aromatic rings. The number of alkyl halides is 2. The topological polar surface area (TPSA) is 76.1 Å². The maximum Gasteiger partial charge on any atom is 0.387 e. The summed E-state index contributed by atoms with van der Waals surface area (Å²) in [6, 6.07) is 11.3. The molecule has 1 N–H and O–H groups in total. The second-order valence-corrected chi connectivity index (χ2v) is 8.26. The zero-order chi connectivity index (χ0) is 23.9. The van der Waals surface area contributed by atoms with Crippen LogP contribution in [-0.2, 0) is 17.8 Å². The molecule has 4 rings (SSSR count). The predicted octanol–water partition coefficient (Wildman–Crippen LogP) is 5.67. The number of fused-ring (bicyclic) bond motifs is 2. The van der Waals surface area contributed by atoms with Crippen LogP contribution in [0.1, 0.15) is 35.3 Å². The summed E-state index contributed by atoms with van der Waals surface area (Å²) < 4.78 is 37.6. The number of aliphatic carboxylic acids is 1. The minimum Gasteiger partial charge on any atom is -0.490 e. The van der Waals surface area contributed by atoms with Crippen LogP contribution in [0.15, 0.2) is 42.5 Å². The molecule has 9 heteroatoms. The minimum atomic E-state index is -3.09. The van der Waals surface area contributed by atoms with E-state index in [4.69, 9.17) is 26.2 Å². The van der Waals surface area contributed by atoms with Crippen molar-refractivity contribution in [3.05, 3.63) is 64.2 Å². The van der Waals surface area contributed by atoms with E-state index in [1.54, 1.807) is 50.2 Å². The second kappa shape index (κ2) is 8.86. The number of carboxylic acids is 1. The Kier molecular flexibility index (Phi) is 6.12. The molecule has 1 amide bonds.